The van der Waals surface area contributed by atoms with Crippen LogP contribution in [0.25, 0.3) is 11.0 Å². The predicted molar refractivity (Wildman–Crippen MR) is 68.6 cm³/mol. The largest absolute Gasteiger partial charge is 0.369 e. The summed E-state index contributed by atoms with van der Waals surface area (Å²) >= 11 is 11.6. The average molecular weight is 289 g/mol. The van der Waals surface area contributed by atoms with Crippen molar-refractivity contribution in [3.05, 3.63) is 36.6 Å². The summed E-state index contributed by atoms with van der Waals surface area (Å²) < 4.78 is 0. The molecule has 0 radical (unpaired) electrons. The van der Waals surface area contributed by atoms with Gasteiger partial charge in [-0.2, -0.15) is 0 Å². The summed E-state index contributed by atoms with van der Waals surface area (Å²) in [5.74, 6) is 0.0727. The quantitative estimate of drug-likeness (QED) is 0.651. The van der Waals surface area contributed by atoms with E-state index in [1.165, 1.54) is 13.1 Å². The van der Waals surface area contributed by atoms with Crippen LogP contribution in [0.5, 0.6) is 0 Å². The van der Waals surface area contributed by atoms with Crippen molar-refractivity contribution < 1.29 is 4.92 Å². The minimum absolute atomic E-state index is 0.0727. The third-order valence-corrected chi connectivity index (χ3v) is 2.93. The molecule has 2 N–H and O–H groups in total. The number of benzene rings is 1. The van der Waals surface area contributed by atoms with Crippen molar-refractivity contribution in [2.45, 2.75) is 0 Å². The van der Waals surface area contributed by atoms with Crippen molar-refractivity contribution in [3.63, 3.8) is 0 Å². The van der Waals surface area contributed by atoms with E-state index >= 15 is 0 Å². The van der Waals surface area contributed by atoms with Gasteiger partial charge >= 0.3 is 5.69 Å². The molecule has 0 atom stereocenters. The molecular formula is C9H6Cl2N4O3. The van der Waals surface area contributed by atoms with Crippen LogP contribution in [0, 0.1) is 10.1 Å². The lowest BCUT2D eigenvalue weighted by Gasteiger charge is -2.05. The van der Waals surface area contributed by atoms with Gasteiger partial charge in [-0.25, -0.2) is 4.98 Å². The number of aromatic amines is 1. The number of nitro benzene ring substituents is 1. The Bertz CT molecular complexity index is 713. The number of hydrogen-bond acceptors (Lipinski definition) is 5. The number of nitrogens with one attached hydrogen (secondary N) is 2. The van der Waals surface area contributed by atoms with Crippen molar-refractivity contribution >= 4 is 45.7 Å². The van der Waals surface area contributed by atoms with Gasteiger partial charge in [0.1, 0.15) is 10.0 Å². The third-order valence-electron chi connectivity index (χ3n) is 2.28. The molecule has 18 heavy (non-hydrogen) atoms. The number of fused-ring (bicyclic) bond motifs is 1. The van der Waals surface area contributed by atoms with E-state index in [-0.39, 0.29) is 26.9 Å². The minimum atomic E-state index is -0.714. The molecule has 0 bridgehead atoms. The van der Waals surface area contributed by atoms with Gasteiger partial charge in [0.05, 0.1) is 16.0 Å². The summed E-state index contributed by atoms with van der Waals surface area (Å²) in [7, 11) is 1.53. The van der Waals surface area contributed by atoms with E-state index in [4.69, 9.17) is 23.2 Å². The SMILES string of the molecule is CNc1nc2cc(Cl)c([N+](=O)[O-])c(Cl)c2[nH]c1=O. The van der Waals surface area contributed by atoms with Crippen LogP contribution < -0.4 is 10.9 Å². The Kier molecular flexibility index (Phi) is 3.10. The number of aromatic nitrogens is 2. The van der Waals surface area contributed by atoms with E-state index < -0.39 is 16.2 Å². The number of rotatable bonds is 2. The van der Waals surface area contributed by atoms with Crippen molar-refractivity contribution in [2.75, 3.05) is 12.4 Å². The van der Waals surface area contributed by atoms with Gasteiger partial charge in [0, 0.05) is 7.05 Å². The minimum Gasteiger partial charge on any atom is -0.369 e. The van der Waals surface area contributed by atoms with E-state index in [9.17, 15) is 14.9 Å². The van der Waals surface area contributed by atoms with Gasteiger partial charge in [0.15, 0.2) is 5.82 Å². The molecule has 0 spiro atoms. The van der Waals surface area contributed by atoms with Gasteiger partial charge in [-0.15, -0.1) is 0 Å². The van der Waals surface area contributed by atoms with Crippen LogP contribution in [-0.4, -0.2) is 21.9 Å². The Hall–Kier alpha value is -1.86. The van der Waals surface area contributed by atoms with Crippen molar-refractivity contribution in [1.29, 1.82) is 0 Å². The molecule has 7 nitrogen and oxygen atoms in total. The van der Waals surface area contributed by atoms with Gasteiger partial charge in [-0.1, -0.05) is 23.2 Å². The molecule has 0 aliphatic carbocycles. The molecule has 9 heteroatoms. The fraction of sp³-hybridized carbons (Fsp3) is 0.111. The number of hydrogen-bond donors (Lipinski definition) is 2. The molecule has 0 aliphatic heterocycles. The highest BCUT2D eigenvalue weighted by Crippen LogP contribution is 2.37. The lowest BCUT2D eigenvalue weighted by molar-refractivity contribution is -0.384. The van der Waals surface area contributed by atoms with E-state index in [2.05, 4.69) is 15.3 Å². The van der Waals surface area contributed by atoms with Crippen LogP contribution >= 0.6 is 23.2 Å². The first-order valence-corrected chi connectivity index (χ1v) is 5.45. The Labute approximate surface area is 110 Å². The molecule has 0 unspecified atom stereocenters. The fourth-order valence-electron chi connectivity index (χ4n) is 1.48. The second-order valence-corrected chi connectivity index (χ2v) is 4.12. The Morgan fingerprint density at radius 3 is 2.72 bits per heavy atom. The smallest absolute Gasteiger partial charge is 0.308 e. The number of H-pyrrole nitrogens is 1. The van der Waals surface area contributed by atoms with Gasteiger partial charge in [0.25, 0.3) is 5.56 Å². The molecule has 0 amide bonds. The first kappa shape index (κ1) is 12.6. The average Bonchev–Trinajstić information content (AvgIpc) is 2.29. The van der Waals surface area contributed by atoms with Gasteiger partial charge in [0.2, 0.25) is 0 Å². The monoisotopic (exact) mass is 288 g/mol. The summed E-state index contributed by atoms with van der Waals surface area (Å²) in [4.78, 5) is 28.0. The Morgan fingerprint density at radius 1 is 1.50 bits per heavy atom. The topological polar surface area (TPSA) is 101 Å². The predicted octanol–water partition coefficient (Wildman–Crippen LogP) is 2.18. The van der Waals surface area contributed by atoms with Crippen molar-refractivity contribution in [3.8, 4) is 0 Å². The normalized spacial score (nSPS) is 10.6. The molecule has 1 heterocycles. The Morgan fingerprint density at radius 2 is 2.17 bits per heavy atom. The lowest BCUT2D eigenvalue weighted by Crippen LogP contribution is -2.14. The number of nitrogens with zero attached hydrogens (tertiary/aromatic N) is 2. The number of anilines is 1. The zero-order valence-electron chi connectivity index (χ0n) is 8.95. The molecule has 0 saturated heterocycles. The highest BCUT2D eigenvalue weighted by molar-refractivity contribution is 6.41. The summed E-state index contributed by atoms with van der Waals surface area (Å²) in [5.41, 5.74) is -0.639. The molecule has 1 aromatic carbocycles. The van der Waals surface area contributed by atoms with E-state index in [1.54, 1.807) is 0 Å². The van der Waals surface area contributed by atoms with Crippen LogP contribution in [0.4, 0.5) is 11.5 Å². The highest BCUT2D eigenvalue weighted by atomic mass is 35.5. The highest BCUT2D eigenvalue weighted by Gasteiger charge is 2.22. The van der Waals surface area contributed by atoms with Gasteiger partial charge in [-0.3, -0.25) is 14.9 Å². The molecule has 0 aliphatic rings. The molecular weight excluding hydrogens is 283 g/mol. The summed E-state index contributed by atoms with van der Waals surface area (Å²) in [6.07, 6.45) is 0. The zero-order valence-corrected chi connectivity index (χ0v) is 10.5. The fourth-order valence-corrected chi connectivity index (χ4v) is 2.11. The van der Waals surface area contributed by atoms with Crippen LogP contribution in [-0.2, 0) is 0 Å². The molecule has 1 aromatic heterocycles. The van der Waals surface area contributed by atoms with Gasteiger partial charge in [-0.05, 0) is 6.07 Å². The zero-order chi connectivity index (χ0) is 13.4. The van der Waals surface area contributed by atoms with Crippen LogP contribution in [0.3, 0.4) is 0 Å². The summed E-state index contributed by atoms with van der Waals surface area (Å²) in [6, 6.07) is 1.28. The second-order valence-electron chi connectivity index (χ2n) is 3.34. The van der Waals surface area contributed by atoms with Crippen molar-refractivity contribution in [2.24, 2.45) is 0 Å². The van der Waals surface area contributed by atoms with Crippen LogP contribution in [0.15, 0.2) is 10.9 Å². The molecule has 94 valence electrons. The van der Waals surface area contributed by atoms with Crippen LogP contribution in [0.1, 0.15) is 0 Å². The maximum absolute atomic E-state index is 11.5. The van der Waals surface area contributed by atoms with Crippen LogP contribution in [0.2, 0.25) is 10.0 Å². The van der Waals surface area contributed by atoms with E-state index in [0.29, 0.717) is 0 Å². The Balaban J connectivity index is 2.91. The summed E-state index contributed by atoms with van der Waals surface area (Å²) in [5, 5.41) is 13.0. The maximum atomic E-state index is 11.5. The molecule has 0 saturated carbocycles. The first-order chi connectivity index (χ1) is 8.45. The van der Waals surface area contributed by atoms with Gasteiger partial charge < -0.3 is 10.3 Å². The molecule has 2 rings (SSSR count). The second kappa shape index (κ2) is 4.43. The van der Waals surface area contributed by atoms with E-state index in [1.807, 2.05) is 0 Å². The lowest BCUT2D eigenvalue weighted by atomic mass is 10.2. The number of nitro groups is 1. The molecule has 0 fully saturated rings. The maximum Gasteiger partial charge on any atom is 0.308 e. The number of halogens is 2. The third kappa shape index (κ3) is 1.87. The van der Waals surface area contributed by atoms with E-state index in [0.717, 1.165) is 0 Å². The summed E-state index contributed by atoms with van der Waals surface area (Å²) in [6.45, 7) is 0. The standard InChI is InChI=1S/C9H6Cl2N4O3/c1-12-8-9(16)14-6-4(13-8)2-3(10)7(5(6)11)15(17)18/h2H,1H3,(H,12,13)(H,14,16). The molecule has 2 aromatic rings. The van der Waals surface area contributed by atoms with Crippen molar-refractivity contribution in [1.82, 2.24) is 9.97 Å². The first-order valence-electron chi connectivity index (χ1n) is 4.70.